The highest BCUT2D eigenvalue weighted by Crippen LogP contribution is 2.39. The van der Waals surface area contributed by atoms with Crippen LogP contribution < -0.4 is 0 Å². The molecule has 0 radical (unpaired) electrons. The Hall–Kier alpha value is -1.19. The second-order valence-corrected chi connectivity index (χ2v) is 7.67. The smallest absolute Gasteiger partial charge is 0.160 e. The molecule has 0 bridgehead atoms. The Labute approximate surface area is 134 Å². The molecule has 1 aromatic carbocycles. The first-order chi connectivity index (χ1) is 10.2. The molecule has 1 atom stereocenters. The van der Waals surface area contributed by atoms with E-state index in [0.29, 0.717) is 6.42 Å². The van der Waals surface area contributed by atoms with Crippen LogP contribution in [0.5, 0.6) is 0 Å². The number of hydrogen-bond acceptors (Lipinski definition) is 3. The molecule has 0 N–H and O–H groups in total. The van der Waals surface area contributed by atoms with Gasteiger partial charge in [-0.25, -0.2) is 0 Å². The number of hydrogen-bond donors (Lipinski definition) is 0. The molecule has 122 valence electrons. The third-order valence-electron chi connectivity index (χ3n) is 4.63. The van der Waals surface area contributed by atoms with Gasteiger partial charge >= 0.3 is 0 Å². The monoisotopic (exact) mass is 303 g/mol. The maximum atomic E-state index is 12.1. The molecule has 0 amide bonds. The molecule has 1 aliphatic heterocycles. The van der Waals surface area contributed by atoms with Gasteiger partial charge in [-0.1, -0.05) is 30.3 Å². The molecule has 0 aliphatic carbocycles. The van der Waals surface area contributed by atoms with E-state index in [1.807, 2.05) is 30.3 Å². The maximum Gasteiger partial charge on any atom is 0.160 e. The molecule has 2 rings (SSSR count). The number of carbonyl (C=O) groups is 1. The van der Waals surface area contributed by atoms with Crippen LogP contribution >= 0.6 is 0 Å². The zero-order valence-electron chi connectivity index (χ0n) is 14.6. The van der Waals surface area contributed by atoms with Crippen molar-refractivity contribution in [3.8, 4) is 0 Å². The van der Waals surface area contributed by atoms with E-state index < -0.39 is 6.10 Å². The number of carbonyl (C=O) groups excluding carboxylic acids is 1. The van der Waals surface area contributed by atoms with Crippen molar-refractivity contribution in [3.05, 3.63) is 35.9 Å². The molecular formula is C19H29NO2. The predicted octanol–water partition coefficient (Wildman–Crippen LogP) is 4.16. The van der Waals surface area contributed by atoms with Crippen molar-refractivity contribution in [2.75, 3.05) is 0 Å². The Bertz CT molecular complexity index is 491. The lowest BCUT2D eigenvalue weighted by atomic mass is 9.82. The van der Waals surface area contributed by atoms with Gasteiger partial charge in [-0.05, 0) is 59.4 Å². The van der Waals surface area contributed by atoms with Crippen molar-refractivity contribution in [2.45, 2.75) is 77.5 Å². The summed E-state index contributed by atoms with van der Waals surface area (Å²) >= 11 is 0. The lowest BCUT2D eigenvalue weighted by Crippen LogP contribution is -2.60. The quantitative estimate of drug-likeness (QED) is 0.818. The fraction of sp³-hybridized carbons (Fsp3) is 0.632. The van der Waals surface area contributed by atoms with Gasteiger partial charge < -0.3 is 0 Å². The third kappa shape index (κ3) is 3.96. The molecule has 1 unspecified atom stereocenters. The van der Waals surface area contributed by atoms with Gasteiger partial charge in [0.1, 0.15) is 6.10 Å². The summed E-state index contributed by atoms with van der Waals surface area (Å²) in [6, 6.07) is 10.1. The number of hydroxylamine groups is 2. The van der Waals surface area contributed by atoms with Crippen molar-refractivity contribution in [3.63, 3.8) is 0 Å². The van der Waals surface area contributed by atoms with Gasteiger partial charge in [0.05, 0.1) is 0 Å². The van der Waals surface area contributed by atoms with E-state index in [0.717, 1.165) is 18.4 Å². The Morgan fingerprint density at radius 3 is 2.18 bits per heavy atom. The van der Waals surface area contributed by atoms with Crippen LogP contribution in [0.3, 0.4) is 0 Å². The average molecular weight is 303 g/mol. The van der Waals surface area contributed by atoms with Crippen LogP contribution in [0.2, 0.25) is 0 Å². The van der Waals surface area contributed by atoms with Crippen molar-refractivity contribution in [1.29, 1.82) is 0 Å². The number of Topliss-reactive ketones (excluding diaryl/α,β-unsaturated/α-hetero) is 1. The lowest BCUT2D eigenvalue weighted by molar-refractivity contribution is -0.298. The molecule has 0 aromatic heterocycles. The predicted molar refractivity (Wildman–Crippen MR) is 89.5 cm³/mol. The van der Waals surface area contributed by atoms with Crippen LogP contribution in [-0.2, 0) is 16.1 Å². The summed E-state index contributed by atoms with van der Waals surface area (Å²) < 4.78 is 0. The van der Waals surface area contributed by atoms with E-state index >= 15 is 0 Å². The van der Waals surface area contributed by atoms with Crippen LogP contribution in [0.25, 0.3) is 0 Å². The molecule has 1 fully saturated rings. The number of nitrogens with zero attached hydrogens (tertiary/aromatic N) is 1. The van der Waals surface area contributed by atoms with Crippen molar-refractivity contribution in [1.82, 2.24) is 5.06 Å². The summed E-state index contributed by atoms with van der Waals surface area (Å²) in [4.78, 5) is 18.4. The Morgan fingerprint density at radius 2 is 1.68 bits per heavy atom. The van der Waals surface area contributed by atoms with E-state index in [4.69, 9.17) is 4.84 Å². The fourth-order valence-electron chi connectivity index (χ4n) is 3.47. The normalized spacial score (nSPS) is 22.2. The first kappa shape index (κ1) is 17.2. The molecule has 1 aromatic rings. The zero-order chi connectivity index (χ0) is 16.4. The van der Waals surface area contributed by atoms with Crippen LogP contribution in [0, 0.1) is 0 Å². The molecule has 3 nitrogen and oxygen atoms in total. The highest BCUT2D eigenvalue weighted by molar-refractivity contribution is 5.80. The van der Waals surface area contributed by atoms with E-state index in [1.165, 1.54) is 6.42 Å². The molecule has 0 saturated carbocycles. The standard InChI is InChI=1S/C19H29NO2/c1-15(21)17(14-16-10-7-6-8-11-16)22-20-18(2,3)12-9-13-19(20,4)5/h6-8,10-11,17H,9,12-14H2,1-5H3. The fourth-order valence-corrected chi connectivity index (χ4v) is 3.47. The largest absolute Gasteiger partial charge is 0.297 e. The second-order valence-electron chi connectivity index (χ2n) is 7.67. The summed E-state index contributed by atoms with van der Waals surface area (Å²) in [5.41, 5.74) is 1.04. The summed E-state index contributed by atoms with van der Waals surface area (Å²) in [5, 5.41) is 2.08. The molecule has 1 saturated heterocycles. The van der Waals surface area contributed by atoms with E-state index in [2.05, 4.69) is 32.8 Å². The number of rotatable bonds is 5. The average Bonchev–Trinajstić information content (AvgIpc) is 2.42. The minimum atomic E-state index is -0.418. The molecule has 22 heavy (non-hydrogen) atoms. The first-order valence-corrected chi connectivity index (χ1v) is 8.24. The van der Waals surface area contributed by atoms with E-state index in [1.54, 1.807) is 6.92 Å². The van der Waals surface area contributed by atoms with Crippen LogP contribution in [0.1, 0.15) is 59.4 Å². The van der Waals surface area contributed by atoms with Gasteiger partial charge in [0.15, 0.2) is 5.78 Å². The lowest BCUT2D eigenvalue weighted by Gasteiger charge is -2.52. The Kier molecular flexibility index (Phi) is 5.08. The summed E-state index contributed by atoms with van der Waals surface area (Å²) in [7, 11) is 0. The summed E-state index contributed by atoms with van der Waals surface area (Å²) in [5.74, 6) is 0.0843. The third-order valence-corrected chi connectivity index (χ3v) is 4.63. The minimum Gasteiger partial charge on any atom is -0.297 e. The minimum absolute atomic E-state index is 0.0495. The van der Waals surface area contributed by atoms with Gasteiger partial charge in [0.25, 0.3) is 0 Å². The summed E-state index contributed by atoms with van der Waals surface area (Å²) in [6.45, 7) is 10.4. The number of benzene rings is 1. The highest BCUT2D eigenvalue weighted by atomic mass is 16.7. The van der Waals surface area contributed by atoms with E-state index in [9.17, 15) is 4.79 Å². The SMILES string of the molecule is CC(=O)C(Cc1ccccc1)ON1C(C)(C)CCCC1(C)C. The van der Waals surface area contributed by atoms with Gasteiger partial charge in [-0.3, -0.25) is 9.63 Å². The van der Waals surface area contributed by atoms with E-state index in [-0.39, 0.29) is 16.9 Å². The summed E-state index contributed by atoms with van der Waals surface area (Å²) in [6.07, 6.45) is 3.58. The van der Waals surface area contributed by atoms with Crippen molar-refractivity contribution < 1.29 is 9.63 Å². The maximum absolute atomic E-state index is 12.1. The molecule has 0 spiro atoms. The van der Waals surface area contributed by atoms with Crippen LogP contribution in [0.15, 0.2) is 30.3 Å². The first-order valence-electron chi connectivity index (χ1n) is 8.24. The molecular weight excluding hydrogens is 274 g/mol. The second kappa shape index (κ2) is 6.51. The Balaban J connectivity index is 2.17. The number of piperidine rings is 1. The molecule has 1 aliphatic rings. The molecule has 1 heterocycles. The number of ketones is 1. The van der Waals surface area contributed by atoms with Gasteiger partial charge in [-0.15, -0.1) is 0 Å². The van der Waals surface area contributed by atoms with Gasteiger partial charge in [-0.2, -0.15) is 5.06 Å². The van der Waals surface area contributed by atoms with Crippen molar-refractivity contribution >= 4 is 5.78 Å². The van der Waals surface area contributed by atoms with Crippen molar-refractivity contribution in [2.24, 2.45) is 0 Å². The van der Waals surface area contributed by atoms with Gasteiger partial charge in [0, 0.05) is 17.5 Å². The Morgan fingerprint density at radius 1 is 1.14 bits per heavy atom. The zero-order valence-corrected chi connectivity index (χ0v) is 14.6. The molecule has 3 heteroatoms. The van der Waals surface area contributed by atoms with Gasteiger partial charge in [0.2, 0.25) is 0 Å². The van der Waals surface area contributed by atoms with Crippen LogP contribution in [0.4, 0.5) is 0 Å². The highest BCUT2D eigenvalue weighted by Gasteiger charge is 2.44. The topological polar surface area (TPSA) is 29.5 Å². The van der Waals surface area contributed by atoms with Crippen LogP contribution in [-0.4, -0.2) is 28.0 Å².